The van der Waals surface area contributed by atoms with Gasteiger partial charge in [0.1, 0.15) is 5.69 Å². The quantitative estimate of drug-likeness (QED) is 0.437. The summed E-state index contributed by atoms with van der Waals surface area (Å²) in [5.41, 5.74) is 3.96. The van der Waals surface area contributed by atoms with E-state index in [-0.39, 0.29) is 0 Å². The normalized spacial score (nSPS) is 11.3. The van der Waals surface area contributed by atoms with Crippen LogP contribution in [0.2, 0.25) is 0 Å². The van der Waals surface area contributed by atoms with Gasteiger partial charge in [-0.25, -0.2) is 9.78 Å². The average molecular weight is 352 g/mol. The maximum atomic E-state index is 12.3. The van der Waals surface area contributed by atoms with E-state index in [4.69, 9.17) is 4.74 Å². The van der Waals surface area contributed by atoms with Crippen molar-refractivity contribution in [1.82, 2.24) is 9.97 Å². The van der Waals surface area contributed by atoms with E-state index in [1.54, 1.807) is 6.07 Å². The number of ether oxygens (including phenoxy) is 1. The third kappa shape index (κ3) is 2.38. The van der Waals surface area contributed by atoms with Gasteiger partial charge in [-0.15, -0.1) is 0 Å². The van der Waals surface area contributed by atoms with E-state index >= 15 is 0 Å². The topological polar surface area (TPSA) is 55.0 Å². The van der Waals surface area contributed by atoms with E-state index in [1.807, 2.05) is 48.5 Å². The number of methoxy groups -OCH3 is 1. The van der Waals surface area contributed by atoms with Gasteiger partial charge in [0.15, 0.2) is 0 Å². The van der Waals surface area contributed by atoms with E-state index < -0.39 is 5.97 Å². The molecule has 0 atom stereocenters. The zero-order chi connectivity index (χ0) is 18.4. The van der Waals surface area contributed by atoms with Crippen molar-refractivity contribution in [2.45, 2.75) is 0 Å². The number of pyridine rings is 1. The van der Waals surface area contributed by atoms with Gasteiger partial charge in [-0.1, -0.05) is 60.7 Å². The minimum atomic E-state index is -0.441. The molecule has 0 saturated heterocycles. The SMILES string of the molecule is COC(=O)c1cc2c([nH]c3ccccc32)c(-c2cccc3ccccc23)n1. The molecule has 0 unspecified atom stereocenters. The van der Waals surface area contributed by atoms with Crippen molar-refractivity contribution in [1.29, 1.82) is 0 Å². The fourth-order valence-electron chi connectivity index (χ4n) is 3.68. The van der Waals surface area contributed by atoms with Gasteiger partial charge in [0.2, 0.25) is 0 Å². The first kappa shape index (κ1) is 15.6. The number of aromatic amines is 1. The molecule has 0 aliphatic rings. The molecule has 2 heterocycles. The Hall–Kier alpha value is -3.66. The van der Waals surface area contributed by atoms with Crippen LogP contribution in [0.5, 0.6) is 0 Å². The number of hydrogen-bond acceptors (Lipinski definition) is 3. The molecule has 0 aliphatic heterocycles. The van der Waals surface area contributed by atoms with Crippen molar-refractivity contribution >= 4 is 38.5 Å². The van der Waals surface area contributed by atoms with Crippen molar-refractivity contribution in [2.24, 2.45) is 0 Å². The lowest BCUT2D eigenvalue weighted by atomic mass is 10.00. The van der Waals surface area contributed by atoms with Crippen molar-refractivity contribution in [2.75, 3.05) is 7.11 Å². The Kier molecular flexibility index (Phi) is 3.44. The van der Waals surface area contributed by atoms with Crippen molar-refractivity contribution in [3.05, 3.63) is 78.5 Å². The van der Waals surface area contributed by atoms with Crippen LogP contribution < -0.4 is 0 Å². The lowest BCUT2D eigenvalue weighted by molar-refractivity contribution is 0.0594. The summed E-state index contributed by atoms with van der Waals surface area (Å²) in [6, 6.07) is 24.2. The van der Waals surface area contributed by atoms with Crippen LogP contribution in [0.25, 0.3) is 43.8 Å². The van der Waals surface area contributed by atoms with Crippen molar-refractivity contribution in [3.8, 4) is 11.3 Å². The molecule has 0 bridgehead atoms. The van der Waals surface area contributed by atoms with Gasteiger partial charge in [0, 0.05) is 21.9 Å². The van der Waals surface area contributed by atoms with Crippen LogP contribution in [0.4, 0.5) is 0 Å². The zero-order valence-electron chi connectivity index (χ0n) is 14.7. The number of carbonyl (C=O) groups excluding carboxylic acids is 1. The second kappa shape index (κ2) is 5.95. The summed E-state index contributed by atoms with van der Waals surface area (Å²) in [6.07, 6.45) is 0. The van der Waals surface area contributed by atoms with Crippen LogP contribution >= 0.6 is 0 Å². The number of rotatable bonds is 2. The second-order valence-electron chi connectivity index (χ2n) is 6.47. The number of esters is 1. The fraction of sp³-hybridized carbons (Fsp3) is 0.0435. The number of H-pyrrole nitrogens is 1. The van der Waals surface area contributed by atoms with Gasteiger partial charge < -0.3 is 9.72 Å². The number of aromatic nitrogens is 2. The molecule has 0 aliphatic carbocycles. The largest absolute Gasteiger partial charge is 0.464 e. The maximum Gasteiger partial charge on any atom is 0.356 e. The predicted molar refractivity (Wildman–Crippen MR) is 108 cm³/mol. The molecule has 0 fully saturated rings. The highest BCUT2D eigenvalue weighted by Crippen LogP contribution is 2.35. The van der Waals surface area contributed by atoms with Crippen LogP contribution in [0.3, 0.4) is 0 Å². The minimum absolute atomic E-state index is 0.303. The fourth-order valence-corrected chi connectivity index (χ4v) is 3.68. The number of nitrogens with one attached hydrogen (secondary N) is 1. The third-order valence-corrected chi connectivity index (χ3v) is 4.94. The van der Waals surface area contributed by atoms with Gasteiger partial charge in [-0.2, -0.15) is 0 Å². The van der Waals surface area contributed by atoms with Crippen LogP contribution in [0, 0.1) is 0 Å². The first-order valence-corrected chi connectivity index (χ1v) is 8.74. The Labute approximate surface area is 155 Å². The van der Waals surface area contributed by atoms with Gasteiger partial charge in [0.25, 0.3) is 0 Å². The highest BCUT2D eigenvalue weighted by atomic mass is 16.5. The zero-order valence-corrected chi connectivity index (χ0v) is 14.7. The summed E-state index contributed by atoms with van der Waals surface area (Å²) in [7, 11) is 1.38. The molecular formula is C23H16N2O2. The molecule has 0 amide bonds. The predicted octanol–water partition coefficient (Wildman–Crippen LogP) is 5.32. The lowest BCUT2D eigenvalue weighted by Crippen LogP contribution is -2.05. The van der Waals surface area contributed by atoms with Crippen LogP contribution in [0.1, 0.15) is 10.5 Å². The number of fused-ring (bicyclic) bond motifs is 4. The Bertz CT molecular complexity index is 1330. The first-order valence-electron chi connectivity index (χ1n) is 8.74. The molecule has 0 spiro atoms. The lowest BCUT2D eigenvalue weighted by Gasteiger charge is -2.09. The molecule has 27 heavy (non-hydrogen) atoms. The summed E-state index contributed by atoms with van der Waals surface area (Å²) in [5, 5.41) is 4.24. The number of para-hydroxylation sites is 1. The Morgan fingerprint density at radius 2 is 1.63 bits per heavy atom. The van der Waals surface area contributed by atoms with E-state index in [1.165, 1.54) is 7.11 Å². The summed E-state index contributed by atoms with van der Waals surface area (Å²) in [4.78, 5) is 20.4. The molecule has 5 rings (SSSR count). The summed E-state index contributed by atoms with van der Waals surface area (Å²) < 4.78 is 4.94. The van der Waals surface area contributed by atoms with Crippen molar-refractivity contribution < 1.29 is 9.53 Å². The van der Waals surface area contributed by atoms with Gasteiger partial charge in [-0.3, -0.25) is 0 Å². The summed E-state index contributed by atoms with van der Waals surface area (Å²) in [5.74, 6) is -0.441. The van der Waals surface area contributed by atoms with E-state index in [0.29, 0.717) is 5.69 Å². The van der Waals surface area contributed by atoms with Crippen molar-refractivity contribution in [3.63, 3.8) is 0 Å². The van der Waals surface area contributed by atoms with Gasteiger partial charge in [-0.05, 0) is 22.9 Å². The summed E-state index contributed by atoms with van der Waals surface area (Å²) >= 11 is 0. The highest BCUT2D eigenvalue weighted by Gasteiger charge is 2.18. The summed E-state index contributed by atoms with van der Waals surface area (Å²) in [6.45, 7) is 0. The Morgan fingerprint density at radius 1 is 0.889 bits per heavy atom. The maximum absolute atomic E-state index is 12.3. The molecule has 130 valence electrons. The van der Waals surface area contributed by atoms with Crippen LogP contribution in [-0.2, 0) is 4.74 Å². The molecule has 4 heteroatoms. The van der Waals surface area contributed by atoms with Crippen LogP contribution in [-0.4, -0.2) is 23.0 Å². The molecule has 2 aromatic heterocycles. The molecule has 0 radical (unpaired) electrons. The van der Waals surface area contributed by atoms with Gasteiger partial charge in [0.05, 0.1) is 18.3 Å². The third-order valence-electron chi connectivity index (χ3n) is 4.94. The van der Waals surface area contributed by atoms with E-state index in [2.05, 4.69) is 28.2 Å². The number of benzene rings is 3. The smallest absolute Gasteiger partial charge is 0.356 e. The molecule has 3 aromatic carbocycles. The Morgan fingerprint density at radius 3 is 2.48 bits per heavy atom. The molecule has 4 nitrogen and oxygen atoms in total. The molecule has 5 aromatic rings. The number of nitrogens with zero attached hydrogens (tertiary/aromatic N) is 1. The molecular weight excluding hydrogens is 336 g/mol. The monoisotopic (exact) mass is 352 g/mol. The highest BCUT2D eigenvalue weighted by molar-refractivity contribution is 6.14. The Balaban J connectivity index is 1.94. The average Bonchev–Trinajstić information content (AvgIpc) is 3.11. The van der Waals surface area contributed by atoms with Crippen LogP contribution in [0.15, 0.2) is 72.8 Å². The number of carbonyl (C=O) groups is 1. The van der Waals surface area contributed by atoms with Gasteiger partial charge >= 0.3 is 5.97 Å². The number of hydrogen-bond donors (Lipinski definition) is 1. The standard InChI is InChI=1S/C23H16N2O2/c1-27-23(26)20-13-18-16-10-4-5-12-19(16)24-22(18)21(25-20)17-11-6-8-14-7-2-3-9-15(14)17/h2-13,24H,1H3. The molecule has 0 saturated carbocycles. The first-order chi connectivity index (χ1) is 13.3. The molecule has 1 N–H and O–H groups in total. The van der Waals surface area contributed by atoms with E-state index in [9.17, 15) is 4.79 Å². The minimum Gasteiger partial charge on any atom is -0.464 e. The van der Waals surface area contributed by atoms with E-state index in [0.717, 1.165) is 43.8 Å². The second-order valence-corrected chi connectivity index (χ2v) is 6.47.